The number of carbonyl (C=O) groups excluding carboxylic acids is 2. The van der Waals surface area contributed by atoms with Gasteiger partial charge in [0.1, 0.15) is 0 Å². The van der Waals surface area contributed by atoms with E-state index in [1.807, 2.05) is 29.2 Å². The minimum Gasteiger partial charge on any atom is -0.353 e. The van der Waals surface area contributed by atoms with Crippen LogP contribution in [-0.2, 0) is 9.59 Å². The van der Waals surface area contributed by atoms with E-state index in [1.54, 1.807) is 6.20 Å². The number of hydrogen-bond donors (Lipinski definition) is 1. The van der Waals surface area contributed by atoms with Gasteiger partial charge in [-0.1, -0.05) is 12.1 Å². The largest absolute Gasteiger partial charge is 0.353 e. The molecule has 30 heavy (non-hydrogen) atoms. The molecule has 0 unspecified atom stereocenters. The number of piperidine rings is 1. The van der Waals surface area contributed by atoms with E-state index in [1.165, 1.54) is 5.56 Å². The summed E-state index contributed by atoms with van der Waals surface area (Å²) in [5.41, 5.74) is 2.13. The second kappa shape index (κ2) is 8.05. The third kappa shape index (κ3) is 4.01. The lowest BCUT2D eigenvalue weighted by atomic mass is 9.89. The molecule has 0 radical (unpaired) electrons. The summed E-state index contributed by atoms with van der Waals surface area (Å²) in [6.45, 7) is 3.06. The third-order valence-electron chi connectivity index (χ3n) is 6.52. The molecule has 0 atom stereocenters. The third-order valence-corrected chi connectivity index (χ3v) is 6.52. The lowest BCUT2D eigenvalue weighted by Gasteiger charge is -2.38. The van der Waals surface area contributed by atoms with Gasteiger partial charge in [-0.05, 0) is 61.4 Å². The average Bonchev–Trinajstić information content (AvgIpc) is 3.59. The number of amides is 2. The van der Waals surface area contributed by atoms with Crippen LogP contribution in [0.1, 0.15) is 37.2 Å². The quantitative estimate of drug-likeness (QED) is 0.827. The van der Waals surface area contributed by atoms with Gasteiger partial charge >= 0.3 is 0 Å². The number of nitrogens with one attached hydrogen (secondary N) is 1. The van der Waals surface area contributed by atoms with E-state index in [2.05, 4.69) is 32.5 Å². The van der Waals surface area contributed by atoms with E-state index >= 15 is 0 Å². The van der Waals surface area contributed by atoms with Crippen molar-refractivity contribution in [3.63, 3.8) is 0 Å². The summed E-state index contributed by atoms with van der Waals surface area (Å²) >= 11 is 0. The normalized spacial score (nSPS) is 20.0. The Morgan fingerprint density at radius 1 is 0.933 bits per heavy atom. The van der Waals surface area contributed by atoms with Crippen LogP contribution in [0.15, 0.2) is 42.6 Å². The number of benzene rings is 1. The van der Waals surface area contributed by atoms with Crippen molar-refractivity contribution < 1.29 is 9.59 Å². The van der Waals surface area contributed by atoms with Gasteiger partial charge in [-0.25, -0.2) is 0 Å². The molecule has 0 bridgehead atoms. The fourth-order valence-electron chi connectivity index (χ4n) is 4.40. The predicted octanol–water partition coefficient (Wildman–Crippen LogP) is 2.67. The van der Waals surface area contributed by atoms with E-state index in [-0.39, 0.29) is 11.8 Å². The first-order chi connectivity index (χ1) is 14.7. The number of nitrogens with zero attached hydrogens (tertiary/aromatic N) is 4. The molecule has 2 saturated heterocycles. The number of hydrogen-bond acceptors (Lipinski definition) is 5. The fraction of sp³-hybridized carbons (Fsp3) is 0.478. The molecule has 1 aromatic carbocycles. The Morgan fingerprint density at radius 3 is 2.30 bits per heavy atom. The van der Waals surface area contributed by atoms with Crippen molar-refractivity contribution in [1.82, 2.24) is 15.1 Å². The van der Waals surface area contributed by atoms with Crippen LogP contribution in [0.25, 0.3) is 0 Å². The van der Waals surface area contributed by atoms with Crippen LogP contribution in [0.4, 0.5) is 11.5 Å². The molecule has 1 aliphatic carbocycles. The van der Waals surface area contributed by atoms with Gasteiger partial charge < -0.3 is 15.1 Å². The molecule has 1 aromatic heterocycles. The molecular formula is C23H27N5O2. The van der Waals surface area contributed by atoms with E-state index in [4.69, 9.17) is 0 Å². The van der Waals surface area contributed by atoms with Crippen molar-refractivity contribution in [3.8, 4) is 0 Å². The summed E-state index contributed by atoms with van der Waals surface area (Å²) in [5.74, 6) is 2.00. The van der Waals surface area contributed by atoms with Crippen molar-refractivity contribution in [3.05, 3.63) is 48.2 Å². The van der Waals surface area contributed by atoms with Crippen molar-refractivity contribution in [1.29, 1.82) is 0 Å². The standard InChI is InChI=1S/C23H27N5O2/c29-22(19-14-28(15-19)21-2-1-11-24-26-21)25-20-7-5-16(6-8-20)17-9-12-27(13-10-17)23(30)18-3-4-18/h1-2,5-8,11,17-19H,3-4,9-10,12-15H2,(H,25,29). The highest BCUT2D eigenvalue weighted by Crippen LogP contribution is 2.34. The number of carbonyl (C=O) groups is 2. The maximum atomic E-state index is 12.5. The van der Waals surface area contributed by atoms with Crippen molar-refractivity contribution in [2.45, 2.75) is 31.6 Å². The first-order valence-corrected chi connectivity index (χ1v) is 10.9. The molecule has 1 saturated carbocycles. The van der Waals surface area contributed by atoms with Crippen molar-refractivity contribution in [2.75, 3.05) is 36.4 Å². The molecule has 1 N–H and O–H groups in total. The van der Waals surface area contributed by atoms with Crippen LogP contribution >= 0.6 is 0 Å². The lowest BCUT2D eigenvalue weighted by molar-refractivity contribution is -0.133. The second-order valence-electron chi connectivity index (χ2n) is 8.67. The lowest BCUT2D eigenvalue weighted by Crippen LogP contribution is -2.52. The van der Waals surface area contributed by atoms with Crippen molar-refractivity contribution >= 4 is 23.3 Å². The highest BCUT2D eigenvalue weighted by atomic mass is 16.2. The zero-order chi connectivity index (χ0) is 20.5. The van der Waals surface area contributed by atoms with E-state index in [0.717, 1.165) is 50.3 Å². The summed E-state index contributed by atoms with van der Waals surface area (Å²) < 4.78 is 0. The van der Waals surface area contributed by atoms with Gasteiger partial charge in [0.15, 0.2) is 5.82 Å². The zero-order valence-corrected chi connectivity index (χ0v) is 17.0. The zero-order valence-electron chi connectivity index (χ0n) is 17.0. The Labute approximate surface area is 176 Å². The van der Waals surface area contributed by atoms with Crippen LogP contribution in [0.5, 0.6) is 0 Å². The second-order valence-corrected chi connectivity index (χ2v) is 8.67. The van der Waals surface area contributed by atoms with Gasteiger partial charge in [-0.15, -0.1) is 5.10 Å². The van der Waals surface area contributed by atoms with Gasteiger partial charge in [0, 0.05) is 44.0 Å². The van der Waals surface area contributed by atoms with Gasteiger partial charge in [-0.3, -0.25) is 9.59 Å². The molecular weight excluding hydrogens is 378 g/mol. The molecule has 2 amide bonds. The maximum absolute atomic E-state index is 12.5. The molecule has 5 rings (SSSR count). The van der Waals surface area contributed by atoms with Crippen LogP contribution < -0.4 is 10.2 Å². The van der Waals surface area contributed by atoms with E-state index in [0.29, 0.717) is 30.8 Å². The topological polar surface area (TPSA) is 78.4 Å². The molecule has 2 aliphatic heterocycles. The molecule has 0 spiro atoms. The summed E-state index contributed by atoms with van der Waals surface area (Å²) in [5, 5.41) is 11.0. The summed E-state index contributed by atoms with van der Waals surface area (Å²) in [7, 11) is 0. The van der Waals surface area contributed by atoms with Crippen LogP contribution in [0.3, 0.4) is 0 Å². The predicted molar refractivity (Wildman–Crippen MR) is 114 cm³/mol. The Bertz CT molecular complexity index is 899. The van der Waals surface area contributed by atoms with Gasteiger partial charge in [0.25, 0.3) is 0 Å². The van der Waals surface area contributed by atoms with E-state index in [9.17, 15) is 9.59 Å². The minimum atomic E-state index is -0.0278. The van der Waals surface area contributed by atoms with E-state index < -0.39 is 0 Å². The van der Waals surface area contributed by atoms with Crippen molar-refractivity contribution in [2.24, 2.45) is 11.8 Å². The molecule has 3 aliphatic rings. The first kappa shape index (κ1) is 19.0. The average molecular weight is 406 g/mol. The monoisotopic (exact) mass is 405 g/mol. The van der Waals surface area contributed by atoms with Crippen LogP contribution in [0.2, 0.25) is 0 Å². The first-order valence-electron chi connectivity index (χ1n) is 10.9. The molecule has 3 heterocycles. The van der Waals surface area contributed by atoms with Gasteiger partial charge in [0.2, 0.25) is 11.8 Å². The number of rotatable bonds is 5. The van der Waals surface area contributed by atoms with Gasteiger partial charge in [0.05, 0.1) is 5.92 Å². The Hall–Kier alpha value is -2.96. The summed E-state index contributed by atoms with van der Waals surface area (Å²) in [4.78, 5) is 28.8. The van der Waals surface area contributed by atoms with Gasteiger partial charge in [-0.2, -0.15) is 5.10 Å². The Balaban J connectivity index is 1.10. The Morgan fingerprint density at radius 2 is 1.67 bits per heavy atom. The SMILES string of the molecule is O=C(Nc1ccc(C2CCN(C(=O)C3CC3)CC2)cc1)C1CN(c2cccnn2)C1. The summed E-state index contributed by atoms with van der Waals surface area (Å²) in [6.07, 6.45) is 5.83. The summed E-state index contributed by atoms with van der Waals surface area (Å²) in [6, 6.07) is 12.0. The fourth-order valence-corrected chi connectivity index (χ4v) is 4.40. The number of anilines is 2. The molecule has 7 nitrogen and oxygen atoms in total. The maximum Gasteiger partial charge on any atom is 0.231 e. The van der Waals surface area contributed by atoms with Crippen LogP contribution in [-0.4, -0.2) is 53.1 Å². The molecule has 156 valence electrons. The smallest absolute Gasteiger partial charge is 0.231 e. The Kier molecular flexibility index (Phi) is 5.11. The number of aromatic nitrogens is 2. The molecule has 3 fully saturated rings. The molecule has 2 aromatic rings. The van der Waals surface area contributed by atoms with Crippen LogP contribution in [0, 0.1) is 11.8 Å². The minimum absolute atomic E-state index is 0.0278. The highest BCUT2D eigenvalue weighted by Gasteiger charge is 2.35. The number of likely N-dealkylation sites (tertiary alicyclic amines) is 1. The highest BCUT2D eigenvalue weighted by molar-refractivity contribution is 5.94. The molecule has 7 heteroatoms.